The van der Waals surface area contributed by atoms with Crippen molar-refractivity contribution in [2.24, 2.45) is 0 Å². The molecule has 2 aromatic carbocycles. The molecule has 2 amide bonds. The minimum Gasteiger partial charge on any atom is -0.383 e. The average Bonchev–Trinajstić information content (AvgIpc) is 2.89. The van der Waals surface area contributed by atoms with Crippen molar-refractivity contribution >= 4 is 11.8 Å². The summed E-state index contributed by atoms with van der Waals surface area (Å²) < 4.78 is 5.11. The molecule has 35 heavy (non-hydrogen) atoms. The lowest BCUT2D eigenvalue weighted by Crippen LogP contribution is -2.69. The Bertz CT molecular complexity index is 1090. The Morgan fingerprint density at radius 3 is 2.29 bits per heavy atom. The SMILES string of the molecule is CC.COCC1CC2CN(C(=O)c3ccncc3)CC(=O)N12.Cc1ccccc1-c1ccccc1. The number of piperazine rings is 1. The van der Waals surface area contributed by atoms with Gasteiger partial charge in [0.15, 0.2) is 0 Å². The number of aromatic nitrogens is 1. The van der Waals surface area contributed by atoms with Gasteiger partial charge in [0.1, 0.15) is 6.54 Å². The third-order valence-electron chi connectivity index (χ3n) is 6.18. The van der Waals surface area contributed by atoms with Crippen LogP contribution in [0.25, 0.3) is 11.1 Å². The van der Waals surface area contributed by atoms with Gasteiger partial charge in [-0.25, -0.2) is 0 Å². The van der Waals surface area contributed by atoms with E-state index in [0.717, 1.165) is 6.42 Å². The lowest BCUT2D eigenvalue weighted by atomic mass is 9.90. The van der Waals surface area contributed by atoms with Gasteiger partial charge in [0.05, 0.1) is 18.7 Å². The van der Waals surface area contributed by atoms with E-state index in [2.05, 4.69) is 60.4 Å². The smallest absolute Gasteiger partial charge is 0.254 e. The molecule has 3 aromatic rings. The third kappa shape index (κ3) is 6.34. The first-order valence-corrected chi connectivity index (χ1v) is 12.2. The number of methoxy groups -OCH3 is 1. The van der Waals surface area contributed by atoms with Crippen molar-refractivity contribution in [1.82, 2.24) is 14.8 Å². The lowest BCUT2D eigenvalue weighted by molar-refractivity contribution is -0.156. The van der Waals surface area contributed by atoms with Gasteiger partial charge in [-0.3, -0.25) is 14.6 Å². The second-order valence-electron chi connectivity index (χ2n) is 8.40. The van der Waals surface area contributed by atoms with Crippen molar-refractivity contribution in [1.29, 1.82) is 0 Å². The second-order valence-corrected chi connectivity index (χ2v) is 8.40. The summed E-state index contributed by atoms with van der Waals surface area (Å²) in [6.45, 7) is 7.47. The molecule has 6 nitrogen and oxygen atoms in total. The fraction of sp³-hybridized carbons (Fsp3) is 0.345. The minimum atomic E-state index is -0.101. The largest absolute Gasteiger partial charge is 0.383 e. The Morgan fingerprint density at radius 2 is 1.66 bits per heavy atom. The number of carbonyl (C=O) groups is 2. The maximum absolute atomic E-state index is 12.3. The summed E-state index contributed by atoms with van der Waals surface area (Å²) >= 11 is 0. The van der Waals surface area contributed by atoms with Crippen LogP contribution in [0.1, 0.15) is 36.2 Å². The lowest BCUT2D eigenvalue weighted by Gasteiger charge is -2.53. The predicted octanol–water partition coefficient (Wildman–Crippen LogP) is 4.84. The molecule has 2 fully saturated rings. The molecule has 0 N–H and O–H groups in total. The number of aryl methyl sites for hydroxylation is 1. The highest BCUT2D eigenvalue weighted by atomic mass is 16.5. The maximum atomic E-state index is 12.3. The molecule has 5 rings (SSSR count). The fourth-order valence-electron chi connectivity index (χ4n) is 4.52. The van der Waals surface area contributed by atoms with Crippen LogP contribution < -0.4 is 0 Å². The standard InChI is InChI=1S/C14H17N3O3.C13H12.C2H6/c1-20-9-12-6-11-7-16(8-13(18)17(11)12)14(19)10-2-4-15-5-3-10;1-11-7-5-6-10-13(11)12-8-3-2-4-9-12;1-2/h2-5,11-12H,6-9H2,1H3;2-10H,1H3;1-2H3. The molecule has 2 unspecified atom stereocenters. The molecule has 0 bridgehead atoms. The van der Waals surface area contributed by atoms with Crippen molar-refractivity contribution in [3.63, 3.8) is 0 Å². The van der Waals surface area contributed by atoms with Crippen LogP contribution in [-0.2, 0) is 9.53 Å². The number of fused-ring (bicyclic) bond motifs is 1. The van der Waals surface area contributed by atoms with Crippen molar-refractivity contribution in [3.8, 4) is 11.1 Å². The normalized spacial score (nSPS) is 18.2. The van der Waals surface area contributed by atoms with Gasteiger partial charge < -0.3 is 14.5 Å². The molecular weight excluding hydrogens is 438 g/mol. The van der Waals surface area contributed by atoms with Crippen molar-refractivity contribution in [2.45, 2.75) is 39.3 Å². The predicted molar refractivity (Wildman–Crippen MR) is 139 cm³/mol. The first-order valence-electron chi connectivity index (χ1n) is 12.2. The van der Waals surface area contributed by atoms with Crippen LogP contribution >= 0.6 is 0 Å². The summed E-state index contributed by atoms with van der Waals surface area (Å²) in [6, 6.07) is 22.6. The first kappa shape index (κ1) is 26.1. The van der Waals surface area contributed by atoms with Crippen LogP contribution in [0, 0.1) is 6.92 Å². The van der Waals surface area contributed by atoms with E-state index in [-0.39, 0.29) is 30.4 Å². The van der Waals surface area contributed by atoms with Gasteiger partial charge in [-0.05, 0) is 42.2 Å². The van der Waals surface area contributed by atoms with Gasteiger partial charge >= 0.3 is 0 Å². The highest BCUT2D eigenvalue weighted by molar-refractivity contribution is 5.97. The molecule has 3 heterocycles. The Kier molecular flexibility index (Phi) is 9.56. The van der Waals surface area contributed by atoms with E-state index in [1.165, 1.54) is 16.7 Å². The Hall–Kier alpha value is -3.51. The molecule has 2 aliphatic rings. The Labute approximate surface area is 208 Å². The molecule has 184 valence electrons. The number of nitrogens with zero attached hydrogens (tertiary/aromatic N) is 3. The molecule has 6 heteroatoms. The van der Waals surface area contributed by atoms with E-state index in [1.807, 2.05) is 24.8 Å². The third-order valence-corrected chi connectivity index (χ3v) is 6.18. The van der Waals surface area contributed by atoms with Crippen LogP contribution in [-0.4, -0.2) is 65.5 Å². The summed E-state index contributed by atoms with van der Waals surface area (Å²) in [5, 5.41) is 0. The molecule has 0 aliphatic carbocycles. The Morgan fingerprint density at radius 1 is 1.00 bits per heavy atom. The summed E-state index contributed by atoms with van der Waals surface area (Å²) in [5.74, 6) is -0.0902. The van der Waals surface area contributed by atoms with E-state index in [4.69, 9.17) is 4.74 Å². The molecule has 0 spiro atoms. The van der Waals surface area contributed by atoms with E-state index in [0.29, 0.717) is 18.7 Å². The van der Waals surface area contributed by atoms with Crippen LogP contribution in [0.4, 0.5) is 0 Å². The molecule has 0 radical (unpaired) electrons. The van der Waals surface area contributed by atoms with Gasteiger partial charge in [0.25, 0.3) is 5.91 Å². The first-order chi connectivity index (χ1) is 17.1. The summed E-state index contributed by atoms with van der Waals surface area (Å²) in [4.78, 5) is 31.9. The van der Waals surface area contributed by atoms with E-state index in [1.54, 1.807) is 36.5 Å². The van der Waals surface area contributed by atoms with Gasteiger partial charge in [-0.15, -0.1) is 0 Å². The van der Waals surface area contributed by atoms with E-state index >= 15 is 0 Å². The topological polar surface area (TPSA) is 62.7 Å². The van der Waals surface area contributed by atoms with Crippen LogP contribution in [0.5, 0.6) is 0 Å². The van der Waals surface area contributed by atoms with Gasteiger partial charge in [-0.1, -0.05) is 68.4 Å². The number of rotatable bonds is 4. The van der Waals surface area contributed by atoms with Crippen LogP contribution in [0.2, 0.25) is 0 Å². The van der Waals surface area contributed by atoms with Crippen molar-refractivity contribution in [3.05, 3.63) is 90.3 Å². The summed E-state index contributed by atoms with van der Waals surface area (Å²) in [7, 11) is 1.64. The van der Waals surface area contributed by atoms with Gasteiger partial charge in [0.2, 0.25) is 5.91 Å². The number of benzene rings is 2. The van der Waals surface area contributed by atoms with Gasteiger partial charge in [-0.2, -0.15) is 0 Å². The second kappa shape index (κ2) is 12.8. The number of carbonyl (C=O) groups excluding carboxylic acids is 2. The van der Waals surface area contributed by atoms with Crippen LogP contribution in [0.3, 0.4) is 0 Å². The zero-order chi connectivity index (χ0) is 25.2. The molecule has 2 saturated heterocycles. The van der Waals surface area contributed by atoms with Crippen molar-refractivity contribution in [2.75, 3.05) is 26.8 Å². The zero-order valence-electron chi connectivity index (χ0n) is 21.1. The van der Waals surface area contributed by atoms with E-state index < -0.39 is 0 Å². The van der Waals surface area contributed by atoms with E-state index in [9.17, 15) is 9.59 Å². The number of amides is 2. The number of hydrogen-bond acceptors (Lipinski definition) is 4. The molecule has 2 aliphatic heterocycles. The molecular formula is C29H35N3O3. The van der Waals surface area contributed by atoms with Crippen molar-refractivity contribution < 1.29 is 14.3 Å². The summed E-state index contributed by atoms with van der Waals surface area (Å²) in [5.41, 5.74) is 4.52. The maximum Gasteiger partial charge on any atom is 0.254 e. The highest BCUT2D eigenvalue weighted by Gasteiger charge is 2.46. The minimum absolute atomic E-state index is 0.0111. The average molecular weight is 474 g/mol. The number of pyridine rings is 1. The summed E-state index contributed by atoms with van der Waals surface area (Å²) in [6.07, 6.45) is 4.08. The van der Waals surface area contributed by atoms with Crippen LogP contribution in [0.15, 0.2) is 79.1 Å². The molecule has 0 saturated carbocycles. The fourth-order valence-corrected chi connectivity index (χ4v) is 4.52. The monoisotopic (exact) mass is 473 g/mol. The molecule has 1 aromatic heterocycles. The number of hydrogen-bond donors (Lipinski definition) is 0. The quantitative estimate of drug-likeness (QED) is 0.544. The zero-order valence-corrected chi connectivity index (χ0v) is 21.1. The highest BCUT2D eigenvalue weighted by Crippen LogP contribution is 2.30. The van der Waals surface area contributed by atoms with Gasteiger partial charge in [0, 0.05) is 31.6 Å². The molecule has 2 atom stereocenters. The number of ether oxygens (including phenoxy) is 1. The Balaban J connectivity index is 0.000000197.